The summed E-state index contributed by atoms with van der Waals surface area (Å²) in [5.41, 5.74) is -6.95. The first-order valence-electron chi connectivity index (χ1n) is 8.32. The lowest BCUT2D eigenvalue weighted by molar-refractivity contribution is -0.201. The Morgan fingerprint density at radius 2 is 1.79 bits per heavy atom. The van der Waals surface area contributed by atoms with Gasteiger partial charge in [0.1, 0.15) is 11.4 Å². The van der Waals surface area contributed by atoms with Crippen LogP contribution < -0.4 is 21.9 Å². The summed E-state index contributed by atoms with van der Waals surface area (Å²) in [6.45, 7) is 0. The van der Waals surface area contributed by atoms with E-state index in [1.165, 1.54) is 24.3 Å². The first kappa shape index (κ1) is 18.0. The molecule has 1 fully saturated rings. The fourth-order valence-electron chi connectivity index (χ4n) is 3.23. The molecule has 0 bridgehead atoms. The molecule has 2 aromatic rings. The minimum absolute atomic E-state index is 0.131. The lowest BCUT2D eigenvalue weighted by atomic mass is 9.91. The van der Waals surface area contributed by atoms with Crippen LogP contribution in [0, 0.1) is 5.92 Å². The highest BCUT2D eigenvalue weighted by molar-refractivity contribution is 6.08. The van der Waals surface area contributed by atoms with Crippen LogP contribution in [0.15, 0.2) is 39.9 Å². The topological polar surface area (TPSA) is 113 Å². The zero-order valence-electron chi connectivity index (χ0n) is 14.1. The Morgan fingerprint density at radius 3 is 2.36 bits per heavy atom. The summed E-state index contributed by atoms with van der Waals surface area (Å²) >= 11 is 0. The Hall–Kier alpha value is -3.37. The first-order chi connectivity index (χ1) is 13.2. The van der Waals surface area contributed by atoms with Crippen LogP contribution >= 0.6 is 0 Å². The highest BCUT2D eigenvalue weighted by atomic mass is 19.4. The molecule has 2 heterocycles. The number of benzene rings is 1. The number of anilines is 1. The molecule has 2 amide bonds. The van der Waals surface area contributed by atoms with Crippen molar-refractivity contribution in [3.05, 3.63) is 56.7 Å². The Labute approximate surface area is 154 Å². The molecule has 1 unspecified atom stereocenters. The quantitative estimate of drug-likeness (QED) is 0.713. The third kappa shape index (κ3) is 2.46. The maximum atomic E-state index is 14.1. The molecule has 1 saturated carbocycles. The van der Waals surface area contributed by atoms with Gasteiger partial charge in [0.25, 0.3) is 11.5 Å². The van der Waals surface area contributed by atoms with Crippen LogP contribution in [0.5, 0.6) is 0 Å². The number of rotatable bonds is 3. The van der Waals surface area contributed by atoms with E-state index in [0.717, 1.165) is 4.57 Å². The highest BCUT2D eigenvalue weighted by Gasteiger charge is 2.69. The van der Waals surface area contributed by atoms with Crippen LogP contribution in [0.25, 0.3) is 5.69 Å². The van der Waals surface area contributed by atoms with Crippen LogP contribution in [0.1, 0.15) is 18.4 Å². The Bertz CT molecular complexity index is 1100. The van der Waals surface area contributed by atoms with E-state index in [1.54, 1.807) is 11.4 Å². The van der Waals surface area contributed by atoms with E-state index in [2.05, 4.69) is 0 Å². The normalized spacial score (nSPS) is 21.2. The van der Waals surface area contributed by atoms with Gasteiger partial charge in [0.15, 0.2) is 0 Å². The molecular weight excluding hydrogens is 381 g/mol. The molecule has 1 aliphatic heterocycles. The number of fused-ring (bicyclic) bond motifs is 1. The van der Waals surface area contributed by atoms with Crippen LogP contribution in [0.3, 0.4) is 0 Å². The fourth-order valence-corrected chi connectivity index (χ4v) is 3.23. The first-order valence-corrected chi connectivity index (χ1v) is 8.32. The standard InChI is InChI=1S/C17H13F3N4O4/c18-17(19,20)16(23-12(25)8-6-7-8)10-11(21-14(16)27)24(15(28)22-13(10)26)9-4-2-1-3-5-9/h1-5,8H,6-7H2,(H,21,27)(H,23,25)(H,22,26,28). The number of aromatic nitrogens is 2. The molecule has 146 valence electrons. The van der Waals surface area contributed by atoms with Crippen molar-refractivity contribution in [2.75, 3.05) is 5.32 Å². The fraction of sp³-hybridized carbons (Fsp3) is 0.294. The third-order valence-corrected chi connectivity index (χ3v) is 4.76. The van der Waals surface area contributed by atoms with Crippen LogP contribution in [0.4, 0.5) is 19.0 Å². The van der Waals surface area contributed by atoms with Gasteiger partial charge >= 0.3 is 11.9 Å². The number of para-hydroxylation sites is 1. The number of amides is 2. The van der Waals surface area contributed by atoms with Crippen molar-refractivity contribution in [2.45, 2.75) is 24.6 Å². The van der Waals surface area contributed by atoms with Crippen LogP contribution in [-0.4, -0.2) is 27.5 Å². The van der Waals surface area contributed by atoms with Crippen LogP contribution in [0.2, 0.25) is 0 Å². The van der Waals surface area contributed by atoms with Gasteiger partial charge in [-0.25, -0.2) is 9.36 Å². The molecule has 1 aromatic carbocycles. The summed E-state index contributed by atoms with van der Waals surface area (Å²) in [6.07, 6.45) is -4.53. The van der Waals surface area contributed by atoms with Crippen molar-refractivity contribution in [3.8, 4) is 5.69 Å². The number of halogens is 3. The minimum Gasteiger partial charge on any atom is -0.330 e. The molecule has 0 saturated heterocycles. The Balaban J connectivity index is 2.01. The van der Waals surface area contributed by atoms with Gasteiger partial charge in [-0.3, -0.25) is 19.4 Å². The largest absolute Gasteiger partial charge is 0.425 e. The van der Waals surface area contributed by atoms with Crippen molar-refractivity contribution in [2.24, 2.45) is 5.92 Å². The van der Waals surface area contributed by atoms with Gasteiger partial charge in [0, 0.05) is 5.92 Å². The number of aromatic amines is 1. The number of hydrogen-bond donors (Lipinski definition) is 3. The van der Waals surface area contributed by atoms with Crippen molar-refractivity contribution in [1.29, 1.82) is 0 Å². The second-order valence-corrected chi connectivity index (χ2v) is 6.62. The molecule has 1 atom stereocenters. The minimum atomic E-state index is -5.32. The molecular formula is C17H13F3N4O4. The zero-order chi connectivity index (χ0) is 20.3. The number of carbonyl (C=O) groups excluding carboxylic acids is 2. The van der Waals surface area contributed by atoms with E-state index >= 15 is 0 Å². The number of carbonyl (C=O) groups is 2. The number of H-pyrrole nitrogens is 1. The molecule has 1 aliphatic carbocycles. The third-order valence-electron chi connectivity index (χ3n) is 4.76. The van der Waals surface area contributed by atoms with Gasteiger partial charge in [-0.1, -0.05) is 18.2 Å². The lowest BCUT2D eigenvalue weighted by Crippen LogP contribution is -2.62. The summed E-state index contributed by atoms with van der Waals surface area (Å²) in [7, 11) is 0. The van der Waals surface area contributed by atoms with E-state index in [1.807, 2.05) is 10.3 Å². The van der Waals surface area contributed by atoms with Gasteiger partial charge in [0.05, 0.1) is 5.69 Å². The van der Waals surface area contributed by atoms with Gasteiger partial charge in [0.2, 0.25) is 11.4 Å². The van der Waals surface area contributed by atoms with E-state index in [4.69, 9.17) is 0 Å². The molecule has 0 spiro atoms. The molecule has 11 heteroatoms. The summed E-state index contributed by atoms with van der Waals surface area (Å²) in [5, 5.41) is 3.71. The monoisotopic (exact) mass is 394 g/mol. The van der Waals surface area contributed by atoms with E-state index in [9.17, 15) is 32.3 Å². The number of alkyl halides is 3. The van der Waals surface area contributed by atoms with Gasteiger partial charge in [-0.05, 0) is 25.0 Å². The SMILES string of the molecule is O=C(NC1(C(F)(F)F)C(=O)Nc2c1c(=O)[nH]c(=O)n2-c1ccccc1)C1CC1. The lowest BCUT2D eigenvalue weighted by Gasteiger charge is -2.30. The van der Waals surface area contributed by atoms with Crippen molar-refractivity contribution < 1.29 is 22.8 Å². The number of nitrogens with zero attached hydrogens (tertiary/aromatic N) is 1. The average Bonchev–Trinajstić information content (AvgIpc) is 3.41. The summed E-state index contributed by atoms with van der Waals surface area (Å²) in [5.74, 6) is -3.89. The van der Waals surface area contributed by atoms with Gasteiger partial charge in [-0.2, -0.15) is 13.2 Å². The Morgan fingerprint density at radius 1 is 1.14 bits per heavy atom. The molecule has 1 aromatic heterocycles. The zero-order valence-corrected chi connectivity index (χ0v) is 14.1. The molecule has 2 aliphatic rings. The number of nitrogens with one attached hydrogen (secondary N) is 3. The van der Waals surface area contributed by atoms with Crippen molar-refractivity contribution in [1.82, 2.24) is 14.9 Å². The molecule has 3 N–H and O–H groups in total. The summed E-state index contributed by atoms with van der Waals surface area (Å²) in [6, 6.07) is 7.52. The molecule has 4 rings (SSSR count). The van der Waals surface area contributed by atoms with Crippen molar-refractivity contribution in [3.63, 3.8) is 0 Å². The summed E-state index contributed by atoms with van der Waals surface area (Å²) < 4.78 is 43.0. The second kappa shape index (κ2) is 5.81. The smallest absolute Gasteiger partial charge is 0.330 e. The summed E-state index contributed by atoms with van der Waals surface area (Å²) in [4.78, 5) is 51.1. The Kier molecular flexibility index (Phi) is 3.74. The maximum absolute atomic E-state index is 14.1. The van der Waals surface area contributed by atoms with Gasteiger partial charge < -0.3 is 10.6 Å². The van der Waals surface area contributed by atoms with E-state index < -0.39 is 52.1 Å². The molecule has 8 nitrogen and oxygen atoms in total. The second-order valence-electron chi connectivity index (χ2n) is 6.62. The van der Waals surface area contributed by atoms with E-state index in [0.29, 0.717) is 12.8 Å². The maximum Gasteiger partial charge on any atom is 0.425 e. The van der Waals surface area contributed by atoms with Crippen molar-refractivity contribution >= 4 is 17.6 Å². The van der Waals surface area contributed by atoms with Gasteiger partial charge in [-0.15, -0.1) is 0 Å². The number of hydrogen-bond acceptors (Lipinski definition) is 4. The molecule has 28 heavy (non-hydrogen) atoms. The molecule has 0 radical (unpaired) electrons. The highest BCUT2D eigenvalue weighted by Crippen LogP contribution is 2.46. The van der Waals surface area contributed by atoms with E-state index in [-0.39, 0.29) is 5.69 Å². The average molecular weight is 394 g/mol. The predicted octanol–water partition coefficient (Wildman–Crippen LogP) is 0.762. The van der Waals surface area contributed by atoms with Crippen LogP contribution in [-0.2, 0) is 15.1 Å². The predicted molar refractivity (Wildman–Crippen MR) is 89.9 cm³/mol.